The van der Waals surface area contributed by atoms with E-state index in [1.807, 2.05) is 0 Å². The molecule has 9 heteroatoms. The maximum atomic E-state index is 12.5. The highest BCUT2D eigenvalue weighted by Crippen LogP contribution is 2.43. The molecule has 2 amide bonds. The van der Waals surface area contributed by atoms with E-state index >= 15 is 0 Å². The summed E-state index contributed by atoms with van der Waals surface area (Å²) < 4.78 is 22.2. The molecule has 1 aromatic carbocycles. The quantitative estimate of drug-likeness (QED) is 0.709. The third-order valence-electron chi connectivity index (χ3n) is 4.34. The molecule has 25 heavy (non-hydrogen) atoms. The number of carbonyl (C=O) groups is 2. The first kappa shape index (κ1) is 19.5. The second-order valence-corrected chi connectivity index (χ2v) is 9.32. The van der Waals surface area contributed by atoms with Crippen molar-refractivity contribution in [2.45, 2.75) is 30.6 Å². The van der Waals surface area contributed by atoms with Crippen molar-refractivity contribution in [3.8, 4) is 0 Å². The number of halogens is 1. The van der Waals surface area contributed by atoms with Gasteiger partial charge in [-0.05, 0) is 38.0 Å². The standard InChI is InChI=1S/C16H22ClN3O4S/c1-10(19-15(22)16(6-7-16)25(3,23)24)9-20(2)14(21)12-5-4-11(17)8-13(12)18/h4-5,8,10H,6-7,9,18H2,1-3H3,(H,19,22). The van der Waals surface area contributed by atoms with Gasteiger partial charge in [-0.15, -0.1) is 0 Å². The van der Waals surface area contributed by atoms with E-state index in [0.717, 1.165) is 6.26 Å². The molecule has 0 heterocycles. The van der Waals surface area contributed by atoms with Crippen LogP contribution >= 0.6 is 11.6 Å². The fraction of sp³-hybridized carbons (Fsp3) is 0.500. The molecule has 1 atom stereocenters. The Hall–Kier alpha value is -1.80. The van der Waals surface area contributed by atoms with Crippen LogP contribution in [-0.2, 0) is 14.6 Å². The number of nitrogens with zero attached hydrogens (tertiary/aromatic N) is 1. The molecule has 1 unspecified atom stereocenters. The Morgan fingerprint density at radius 3 is 2.48 bits per heavy atom. The molecule has 7 nitrogen and oxygen atoms in total. The molecule has 1 aliphatic rings. The molecule has 1 aromatic rings. The molecule has 1 fully saturated rings. The average molecular weight is 388 g/mol. The highest BCUT2D eigenvalue weighted by molar-refractivity contribution is 7.93. The summed E-state index contributed by atoms with van der Waals surface area (Å²) in [7, 11) is -1.87. The molecular formula is C16H22ClN3O4S. The predicted molar refractivity (Wildman–Crippen MR) is 97.2 cm³/mol. The number of sulfone groups is 1. The van der Waals surface area contributed by atoms with Crippen LogP contribution in [0.4, 0.5) is 5.69 Å². The van der Waals surface area contributed by atoms with Gasteiger partial charge in [0.1, 0.15) is 0 Å². The van der Waals surface area contributed by atoms with Gasteiger partial charge in [-0.1, -0.05) is 11.6 Å². The number of hydrogen-bond acceptors (Lipinski definition) is 5. The zero-order chi connectivity index (χ0) is 19.0. The van der Waals surface area contributed by atoms with Gasteiger partial charge in [-0.25, -0.2) is 8.42 Å². The van der Waals surface area contributed by atoms with E-state index in [2.05, 4.69) is 5.32 Å². The predicted octanol–water partition coefficient (Wildman–Crippen LogP) is 1.08. The number of nitrogen functional groups attached to an aromatic ring is 1. The van der Waals surface area contributed by atoms with Crippen LogP contribution in [0.25, 0.3) is 0 Å². The number of amides is 2. The summed E-state index contributed by atoms with van der Waals surface area (Å²) in [5.41, 5.74) is 6.41. The molecule has 0 aromatic heterocycles. The molecule has 2 rings (SSSR count). The number of carbonyl (C=O) groups excluding carboxylic acids is 2. The van der Waals surface area contributed by atoms with Gasteiger partial charge in [0, 0.05) is 36.6 Å². The van der Waals surface area contributed by atoms with E-state index in [4.69, 9.17) is 17.3 Å². The second kappa shape index (κ2) is 6.84. The first-order chi connectivity index (χ1) is 11.5. The number of nitrogens with two attached hydrogens (primary N) is 1. The van der Waals surface area contributed by atoms with Crippen LogP contribution in [0, 0.1) is 0 Å². The molecule has 0 spiro atoms. The maximum absolute atomic E-state index is 12.5. The van der Waals surface area contributed by atoms with Gasteiger partial charge >= 0.3 is 0 Å². The summed E-state index contributed by atoms with van der Waals surface area (Å²) in [4.78, 5) is 26.2. The van der Waals surface area contributed by atoms with E-state index in [1.54, 1.807) is 26.1 Å². The third-order valence-corrected chi connectivity index (χ3v) is 6.59. The molecular weight excluding hydrogens is 366 g/mol. The summed E-state index contributed by atoms with van der Waals surface area (Å²) in [5, 5.41) is 3.12. The summed E-state index contributed by atoms with van der Waals surface area (Å²) in [5.74, 6) is -0.811. The van der Waals surface area contributed by atoms with E-state index in [-0.39, 0.29) is 18.1 Å². The smallest absolute Gasteiger partial charge is 0.255 e. The largest absolute Gasteiger partial charge is 0.398 e. The van der Waals surface area contributed by atoms with Gasteiger partial charge in [-0.3, -0.25) is 9.59 Å². The SMILES string of the molecule is CC(CN(C)C(=O)c1ccc(Cl)cc1N)NC(=O)C1(S(C)(=O)=O)CC1. The normalized spacial score (nSPS) is 16.8. The van der Waals surface area contributed by atoms with Crippen molar-refractivity contribution in [1.29, 1.82) is 0 Å². The Labute approximate surface area is 152 Å². The molecule has 1 saturated carbocycles. The van der Waals surface area contributed by atoms with E-state index < -0.39 is 26.5 Å². The van der Waals surface area contributed by atoms with Gasteiger partial charge in [0.15, 0.2) is 14.6 Å². The molecule has 0 radical (unpaired) electrons. The van der Waals surface area contributed by atoms with Crippen molar-refractivity contribution in [1.82, 2.24) is 10.2 Å². The summed E-state index contributed by atoms with van der Waals surface area (Å²) in [6, 6.07) is 4.21. The number of benzene rings is 1. The monoisotopic (exact) mass is 387 g/mol. The van der Waals surface area contributed by atoms with Crippen LogP contribution in [0.2, 0.25) is 5.02 Å². The molecule has 0 saturated heterocycles. The molecule has 0 bridgehead atoms. The van der Waals surface area contributed by atoms with Crippen LogP contribution in [0.15, 0.2) is 18.2 Å². The number of rotatable bonds is 6. The van der Waals surface area contributed by atoms with Crippen LogP contribution in [0.3, 0.4) is 0 Å². The minimum Gasteiger partial charge on any atom is -0.398 e. The highest BCUT2D eigenvalue weighted by Gasteiger charge is 2.58. The van der Waals surface area contributed by atoms with Crippen molar-refractivity contribution in [2.75, 3.05) is 25.6 Å². The molecule has 138 valence electrons. The van der Waals surface area contributed by atoms with Gasteiger partial charge in [0.25, 0.3) is 5.91 Å². The van der Waals surface area contributed by atoms with Gasteiger partial charge < -0.3 is 16.0 Å². The highest BCUT2D eigenvalue weighted by atomic mass is 35.5. The average Bonchev–Trinajstić information content (AvgIpc) is 3.27. The van der Waals surface area contributed by atoms with Crippen LogP contribution in [0.5, 0.6) is 0 Å². The fourth-order valence-corrected chi connectivity index (χ4v) is 4.13. The molecule has 1 aliphatic carbocycles. The van der Waals surface area contributed by atoms with E-state index in [9.17, 15) is 18.0 Å². The Balaban J connectivity index is 1.99. The summed E-state index contributed by atoms with van der Waals surface area (Å²) in [6.07, 6.45) is 1.74. The van der Waals surface area contributed by atoms with Crippen molar-refractivity contribution < 1.29 is 18.0 Å². The fourth-order valence-electron chi connectivity index (χ4n) is 2.71. The molecule has 0 aliphatic heterocycles. The van der Waals surface area contributed by atoms with Gasteiger partial charge in [-0.2, -0.15) is 0 Å². The van der Waals surface area contributed by atoms with Crippen molar-refractivity contribution >= 4 is 38.9 Å². The summed E-state index contributed by atoms with van der Waals surface area (Å²) >= 11 is 5.83. The minimum absolute atomic E-state index is 0.215. The Morgan fingerprint density at radius 2 is 2.00 bits per heavy atom. The van der Waals surface area contributed by atoms with Crippen LogP contribution in [0.1, 0.15) is 30.1 Å². The van der Waals surface area contributed by atoms with Gasteiger partial charge in [0.2, 0.25) is 5.91 Å². The zero-order valence-electron chi connectivity index (χ0n) is 14.4. The lowest BCUT2D eigenvalue weighted by Crippen LogP contribution is -2.49. The Kier molecular flexibility index (Phi) is 5.34. The van der Waals surface area contributed by atoms with Crippen molar-refractivity contribution in [3.05, 3.63) is 28.8 Å². The summed E-state index contributed by atoms with van der Waals surface area (Å²) in [6.45, 7) is 1.93. The lowest BCUT2D eigenvalue weighted by molar-refractivity contribution is -0.122. The Morgan fingerprint density at radius 1 is 1.40 bits per heavy atom. The lowest BCUT2D eigenvalue weighted by atomic mass is 10.1. The number of anilines is 1. The first-order valence-electron chi connectivity index (χ1n) is 7.79. The Bertz CT molecular complexity index is 806. The topological polar surface area (TPSA) is 110 Å². The van der Waals surface area contributed by atoms with Crippen molar-refractivity contribution in [2.24, 2.45) is 0 Å². The number of nitrogens with one attached hydrogen (secondary N) is 1. The lowest BCUT2D eigenvalue weighted by Gasteiger charge is -2.24. The van der Waals surface area contributed by atoms with E-state index in [0.29, 0.717) is 23.4 Å². The second-order valence-electron chi connectivity index (χ2n) is 6.56. The number of likely N-dealkylation sites (N-methyl/N-ethyl adjacent to an activating group) is 1. The van der Waals surface area contributed by atoms with E-state index in [1.165, 1.54) is 11.0 Å². The molecule has 3 N–H and O–H groups in total. The number of hydrogen-bond donors (Lipinski definition) is 2. The van der Waals surface area contributed by atoms with Crippen LogP contribution < -0.4 is 11.1 Å². The zero-order valence-corrected chi connectivity index (χ0v) is 15.9. The van der Waals surface area contributed by atoms with Crippen LogP contribution in [-0.4, -0.2) is 55.8 Å². The van der Waals surface area contributed by atoms with Crippen molar-refractivity contribution in [3.63, 3.8) is 0 Å². The maximum Gasteiger partial charge on any atom is 0.255 e. The minimum atomic E-state index is -3.46. The third kappa shape index (κ3) is 4.07. The first-order valence-corrected chi connectivity index (χ1v) is 10.1. The van der Waals surface area contributed by atoms with Gasteiger partial charge in [0.05, 0.1) is 5.56 Å².